The summed E-state index contributed by atoms with van der Waals surface area (Å²) in [5.74, 6) is -0.139. The molecule has 2 rings (SSSR count). The number of hydrogen-bond donors (Lipinski definition) is 1. The average Bonchev–Trinajstić information content (AvgIpc) is 2.15. The molecule has 5 nitrogen and oxygen atoms in total. The van der Waals surface area contributed by atoms with E-state index < -0.39 is 5.97 Å². The van der Waals surface area contributed by atoms with E-state index in [1.54, 1.807) is 0 Å². The summed E-state index contributed by atoms with van der Waals surface area (Å²) in [7, 11) is 0. The second-order valence-corrected chi connectivity index (χ2v) is 3.66. The molecule has 0 aromatic carbocycles. The molecule has 1 saturated heterocycles. The lowest BCUT2D eigenvalue weighted by molar-refractivity contribution is -0.142. The quantitative estimate of drug-likeness (QED) is 0.784. The molecular formula is C10H13N3O2. The van der Waals surface area contributed by atoms with Crippen molar-refractivity contribution in [1.82, 2.24) is 9.97 Å². The normalized spacial score (nSPS) is 16.2. The summed E-state index contributed by atoms with van der Waals surface area (Å²) in [6.45, 7) is 3.13. The number of anilines is 1. The van der Waals surface area contributed by atoms with Gasteiger partial charge in [-0.3, -0.25) is 4.79 Å². The Labute approximate surface area is 87.8 Å². The lowest BCUT2D eigenvalue weighted by Gasteiger charge is -2.37. The van der Waals surface area contributed by atoms with Gasteiger partial charge in [-0.25, -0.2) is 9.97 Å². The first-order chi connectivity index (χ1) is 7.20. The van der Waals surface area contributed by atoms with Crippen molar-refractivity contribution in [2.75, 3.05) is 18.0 Å². The highest BCUT2D eigenvalue weighted by Crippen LogP contribution is 2.22. The number of carbonyl (C=O) groups is 1. The van der Waals surface area contributed by atoms with Crippen molar-refractivity contribution in [3.8, 4) is 0 Å². The monoisotopic (exact) mass is 207 g/mol. The average molecular weight is 207 g/mol. The molecule has 1 fully saturated rings. The number of carboxylic acids is 1. The van der Waals surface area contributed by atoms with E-state index >= 15 is 0 Å². The summed E-state index contributed by atoms with van der Waals surface area (Å²) < 4.78 is 0. The van der Waals surface area contributed by atoms with Crippen LogP contribution in [0.1, 0.15) is 12.6 Å². The highest BCUT2D eigenvalue weighted by Gasteiger charge is 2.33. The van der Waals surface area contributed by atoms with Gasteiger partial charge >= 0.3 is 5.97 Å². The fourth-order valence-electron chi connectivity index (χ4n) is 1.57. The zero-order valence-corrected chi connectivity index (χ0v) is 8.55. The molecule has 1 N–H and O–H groups in total. The molecule has 0 spiro atoms. The minimum atomic E-state index is -0.726. The van der Waals surface area contributed by atoms with Gasteiger partial charge in [-0.2, -0.15) is 0 Å². The number of hydrogen-bond acceptors (Lipinski definition) is 4. The van der Waals surface area contributed by atoms with Crippen molar-refractivity contribution < 1.29 is 9.90 Å². The summed E-state index contributed by atoms with van der Waals surface area (Å²) in [5, 5.41) is 8.74. The van der Waals surface area contributed by atoms with Gasteiger partial charge in [-0.05, 0) is 6.42 Å². The van der Waals surface area contributed by atoms with Gasteiger partial charge in [0.05, 0.1) is 5.92 Å². The third kappa shape index (κ3) is 1.91. The van der Waals surface area contributed by atoms with Gasteiger partial charge in [0.2, 0.25) is 0 Å². The molecule has 0 aliphatic carbocycles. The maximum Gasteiger partial charge on any atom is 0.310 e. The smallest absolute Gasteiger partial charge is 0.310 e. The van der Waals surface area contributed by atoms with E-state index in [0.717, 1.165) is 17.9 Å². The number of carboxylic acid groups (broad SMARTS) is 1. The first-order valence-corrected chi connectivity index (χ1v) is 4.99. The van der Waals surface area contributed by atoms with E-state index in [9.17, 15) is 4.79 Å². The van der Waals surface area contributed by atoms with Gasteiger partial charge in [-0.1, -0.05) is 6.92 Å². The van der Waals surface area contributed by atoms with E-state index in [-0.39, 0.29) is 5.92 Å². The Bertz CT molecular complexity index is 375. The predicted octanol–water partition coefficient (Wildman–Crippen LogP) is 0.560. The topological polar surface area (TPSA) is 66.3 Å². The van der Waals surface area contributed by atoms with Crippen molar-refractivity contribution in [2.24, 2.45) is 5.92 Å². The molecule has 1 aromatic heterocycles. The van der Waals surface area contributed by atoms with Crippen LogP contribution in [0.2, 0.25) is 0 Å². The number of nitrogens with zero attached hydrogens (tertiary/aromatic N) is 3. The molecule has 0 bridgehead atoms. The zero-order valence-electron chi connectivity index (χ0n) is 8.55. The molecule has 80 valence electrons. The molecule has 1 aliphatic heterocycles. The van der Waals surface area contributed by atoms with E-state index in [1.165, 1.54) is 6.33 Å². The Hall–Kier alpha value is -1.65. The Balaban J connectivity index is 2.03. The third-order valence-corrected chi connectivity index (χ3v) is 2.63. The zero-order chi connectivity index (χ0) is 10.8. The minimum Gasteiger partial charge on any atom is -0.481 e. The fraction of sp³-hybridized carbons (Fsp3) is 0.500. The summed E-state index contributed by atoms with van der Waals surface area (Å²) in [4.78, 5) is 20.8. The van der Waals surface area contributed by atoms with Crippen LogP contribution in [0.3, 0.4) is 0 Å². The van der Waals surface area contributed by atoms with Crippen LogP contribution >= 0.6 is 0 Å². The summed E-state index contributed by atoms with van der Waals surface area (Å²) in [6, 6.07) is 1.91. The molecule has 0 amide bonds. The van der Waals surface area contributed by atoms with Gasteiger partial charge in [0.1, 0.15) is 12.1 Å². The first kappa shape index (κ1) is 9.89. The van der Waals surface area contributed by atoms with Crippen LogP contribution in [-0.4, -0.2) is 34.1 Å². The predicted molar refractivity (Wildman–Crippen MR) is 54.7 cm³/mol. The van der Waals surface area contributed by atoms with Crippen LogP contribution in [-0.2, 0) is 11.2 Å². The highest BCUT2D eigenvalue weighted by molar-refractivity contribution is 5.74. The first-order valence-electron chi connectivity index (χ1n) is 4.99. The summed E-state index contributed by atoms with van der Waals surface area (Å²) in [6.07, 6.45) is 2.40. The van der Waals surface area contributed by atoms with E-state index in [4.69, 9.17) is 5.11 Å². The second kappa shape index (κ2) is 3.84. The number of aryl methyl sites for hydroxylation is 1. The Morgan fingerprint density at radius 2 is 2.33 bits per heavy atom. The number of rotatable bonds is 3. The van der Waals surface area contributed by atoms with Crippen LogP contribution in [0, 0.1) is 5.92 Å². The molecule has 0 atom stereocenters. The van der Waals surface area contributed by atoms with Crippen LogP contribution in [0.15, 0.2) is 12.4 Å². The molecular weight excluding hydrogens is 194 g/mol. The van der Waals surface area contributed by atoms with Crippen LogP contribution in [0.4, 0.5) is 5.82 Å². The highest BCUT2D eigenvalue weighted by atomic mass is 16.4. The van der Waals surface area contributed by atoms with Crippen molar-refractivity contribution in [3.05, 3.63) is 18.1 Å². The van der Waals surface area contributed by atoms with Gasteiger partial charge in [-0.15, -0.1) is 0 Å². The molecule has 5 heteroatoms. The van der Waals surface area contributed by atoms with Crippen molar-refractivity contribution in [1.29, 1.82) is 0 Å². The molecule has 1 aromatic rings. The van der Waals surface area contributed by atoms with E-state index in [1.807, 2.05) is 17.9 Å². The van der Waals surface area contributed by atoms with Crippen molar-refractivity contribution in [3.63, 3.8) is 0 Å². The van der Waals surface area contributed by atoms with Gasteiger partial charge in [0.25, 0.3) is 0 Å². The molecule has 0 unspecified atom stereocenters. The SMILES string of the molecule is CCc1cc(N2CC(C(=O)O)C2)ncn1. The van der Waals surface area contributed by atoms with Crippen molar-refractivity contribution >= 4 is 11.8 Å². The molecule has 15 heavy (non-hydrogen) atoms. The van der Waals surface area contributed by atoms with Crippen LogP contribution < -0.4 is 4.90 Å². The summed E-state index contributed by atoms with van der Waals surface area (Å²) in [5.41, 5.74) is 0.985. The maximum atomic E-state index is 10.6. The van der Waals surface area contributed by atoms with Crippen LogP contribution in [0.5, 0.6) is 0 Å². The maximum absolute atomic E-state index is 10.6. The lowest BCUT2D eigenvalue weighted by atomic mass is 10.0. The van der Waals surface area contributed by atoms with E-state index in [0.29, 0.717) is 13.1 Å². The Morgan fingerprint density at radius 3 is 2.93 bits per heavy atom. The van der Waals surface area contributed by atoms with Crippen LogP contribution in [0.25, 0.3) is 0 Å². The largest absolute Gasteiger partial charge is 0.481 e. The van der Waals surface area contributed by atoms with Gasteiger partial charge in [0, 0.05) is 24.8 Å². The third-order valence-electron chi connectivity index (χ3n) is 2.63. The fourth-order valence-corrected chi connectivity index (χ4v) is 1.57. The summed E-state index contributed by atoms with van der Waals surface area (Å²) >= 11 is 0. The van der Waals surface area contributed by atoms with Gasteiger partial charge < -0.3 is 10.0 Å². The van der Waals surface area contributed by atoms with Gasteiger partial charge in [0.15, 0.2) is 0 Å². The molecule has 2 heterocycles. The molecule has 1 aliphatic rings. The second-order valence-electron chi connectivity index (χ2n) is 3.66. The Morgan fingerprint density at radius 1 is 1.60 bits per heavy atom. The molecule has 0 radical (unpaired) electrons. The van der Waals surface area contributed by atoms with E-state index in [2.05, 4.69) is 9.97 Å². The molecule has 0 saturated carbocycles. The number of aliphatic carboxylic acids is 1. The standard InChI is InChI=1S/C10H13N3O2/c1-2-8-3-9(12-6-11-8)13-4-7(5-13)10(14)15/h3,6-7H,2,4-5H2,1H3,(H,14,15). The van der Waals surface area contributed by atoms with Crippen molar-refractivity contribution in [2.45, 2.75) is 13.3 Å². The number of aromatic nitrogens is 2. The minimum absolute atomic E-state index is 0.245. The Kier molecular flexibility index (Phi) is 2.53. The lowest BCUT2D eigenvalue weighted by Crippen LogP contribution is -2.50.